The van der Waals surface area contributed by atoms with Gasteiger partial charge >= 0.3 is 0 Å². The quantitative estimate of drug-likeness (QED) is 0.329. The minimum Gasteiger partial charge on any atom is -0.303 e. The first-order valence-corrected chi connectivity index (χ1v) is 4.05. The molecule has 1 aliphatic rings. The Bertz CT molecular complexity index is 132. The van der Waals surface area contributed by atoms with Crippen LogP contribution < -0.4 is 11.3 Å². The zero-order valence-corrected chi connectivity index (χ0v) is 6.68. The van der Waals surface area contributed by atoms with Crippen LogP contribution in [-0.2, 0) is 4.79 Å². The molecule has 1 saturated heterocycles. The van der Waals surface area contributed by atoms with E-state index in [1.807, 2.05) is 0 Å². The Hall–Kier alpha value is -0.610. The lowest BCUT2D eigenvalue weighted by Crippen LogP contribution is -2.33. The summed E-state index contributed by atoms with van der Waals surface area (Å²) in [5.74, 6) is 4.87. The normalized spacial score (nSPS) is 18.6. The van der Waals surface area contributed by atoms with Crippen LogP contribution in [0.25, 0.3) is 0 Å². The minimum atomic E-state index is -0.0723. The number of likely N-dealkylation sites (tertiary alicyclic amines) is 1. The molecule has 0 spiro atoms. The highest BCUT2D eigenvalue weighted by Gasteiger charge is 2.11. The summed E-state index contributed by atoms with van der Waals surface area (Å²) in [6.07, 6.45) is 3.06. The van der Waals surface area contributed by atoms with Crippen LogP contribution in [0.2, 0.25) is 0 Å². The van der Waals surface area contributed by atoms with E-state index < -0.39 is 0 Å². The van der Waals surface area contributed by atoms with Crippen molar-refractivity contribution in [3.63, 3.8) is 0 Å². The third-order valence-corrected chi connectivity index (χ3v) is 2.01. The van der Waals surface area contributed by atoms with Gasteiger partial charge in [0, 0.05) is 13.0 Å². The lowest BCUT2D eigenvalue weighted by molar-refractivity contribution is -0.121. The topological polar surface area (TPSA) is 58.4 Å². The highest BCUT2D eigenvalue weighted by Crippen LogP contribution is 2.06. The van der Waals surface area contributed by atoms with Gasteiger partial charge in [-0.05, 0) is 25.9 Å². The summed E-state index contributed by atoms with van der Waals surface area (Å²) in [6, 6.07) is 0. The average Bonchev–Trinajstić information content (AvgIpc) is 2.52. The average molecular weight is 157 g/mol. The van der Waals surface area contributed by atoms with Gasteiger partial charge < -0.3 is 4.90 Å². The number of nitrogens with zero attached hydrogens (tertiary/aromatic N) is 1. The first-order chi connectivity index (χ1) is 5.33. The second kappa shape index (κ2) is 4.31. The van der Waals surface area contributed by atoms with Crippen molar-refractivity contribution in [3.05, 3.63) is 0 Å². The minimum absolute atomic E-state index is 0.0723. The summed E-state index contributed by atoms with van der Waals surface area (Å²) in [5.41, 5.74) is 2.12. The van der Waals surface area contributed by atoms with Gasteiger partial charge in [0.2, 0.25) is 5.91 Å². The molecule has 0 unspecified atom stereocenters. The van der Waals surface area contributed by atoms with Gasteiger partial charge in [0.15, 0.2) is 0 Å². The number of hydrogen-bond acceptors (Lipinski definition) is 3. The van der Waals surface area contributed by atoms with E-state index in [0.29, 0.717) is 6.42 Å². The predicted octanol–water partition coefficient (Wildman–Crippen LogP) is -0.538. The van der Waals surface area contributed by atoms with E-state index in [4.69, 9.17) is 5.84 Å². The van der Waals surface area contributed by atoms with Crippen molar-refractivity contribution in [3.8, 4) is 0 Å². The van der Waals surface area contributed by atoms with E-state index in [1.54, 1.807) is 0 Å². The second-order valence-corrected chi connectivity index (χ2v) is 2.87. The zero-order chi connectivity index (χ0) is 8.10. The van der Waals surface area contributed by atoms with Gasteiger partial charge in [0.05, 0.1) is 0 Å². The number of hydrazine groups is 1. The number of nitrogens with one attached hydrogen (secondary N) is 1. The third kappa shape index (κ3) is 2.86. The largest absolute Gasteiger partial charge is 0.303 e. The molecule has 1 aliphatic heterocycles. The molecule has 0 aromatic carbocycles. The van der Waals surface area contributed by atoms with E-state index >= 15 is 0 Å². The Morgan fingerprint density at radius 1 is 1.45 bits per heavy atom. The summed E-state index contributed by atoms with van der Waals surface area (Å²) in [7, 11) is 0. The van der Waals surface area contributed by atoms with Gasteiger partial charge in [-0.1, -0.05) is 0 Å². The summed E-state index contributed by atoms with van der Waals surface area (Å²) in [6.45, 7) is 3.12. The van der Waals surface area contributed by atoms with Crippen molar-refractivity contribution in [2.45, 2.75) is 19.3 Å². The molecule has 3 N–H and O–H groups in total. The summed E-state index contributed by atoms with van der Waals surface area (Å²) < 4.78 is 0. The molecule has 0 aliphatic carbocycles. The maximum absolute atomic E-state index is 10.7. The number of carbonyl (C=O) groups excluding carboxylic acids is 1. The SMILES string of the molecule is NNC(=O)CCN1CCCC1. The molecule has 4 heteroatoms. The van der Waals surface area contributed by atoms with Crippen LogP contribution in [0, 0.1) is 0 Å². The molecule has 0 atom stereocenters. The van der Waals surface area contributed by atoms with Crippen molar-refractivity contribution in [1.82, 2.24) is 10.3 Å². The second-order valence-electron chi connectivity index (χ2n) is 2.87. The predicted molar refractivity (Wildman–Crippen MR) is 42.6 cm³/mol. The van der Waals surface area contributed by atoms with Crippen LogP contribution in [-0.4, -0.2) is 30.4 Å². The standard InChI is InChI=1S/C7H15N3O/c8-9-7(11)3-6-10-4-1-2-5-10/h1-6,8H2,(H,9,11). The van der Waals surface area contributed by atoms with E-state index in [2.05, 4.69) is 10.3 Å². The molecule has 64 valence electrons. The first-order valence-electron chi connectivity index (χ1n) is 4.05. The third-order valence-electron chi connectivity index (χ3n) is 2.01. The smallest absolute Gasteiger partial charge is 0.235 e. The van der Waals surface area contributed by atoms with Crippen LogP contribution in [0.15, 0.2) is 0 Å². The van der Waals surface area contributed by atoms with Crippen LogP contribution in [0.3, 0.4) is 0 Å². The molecule has 0 aromatic heterocycles. The number of carbonyl (C=O) groups is 1. The number of amides is 1. The summed E-state index contributed by atoms with van der Waals surface area (Å²) in [5, 5.41) is 0. The van der Waals surface area contributed by atoms with Gasteiger partial charge in [0.1, 0.15) is 0 Å². The Labute approximate surface area is 66.7 Å². The first kappa shape index (κ1) is 8.49. The molecular weight excluding hydrogens is 142 g/mol. The highest BCUT2D eigenvalue weighted by molar-refractivity contribution is 5.75. The Morgan fingerprint density at radius 3 is 2.64 bits per heavy atom. The van der Waals surface area contributed by atoms with E-state index in [9.17, 15) is 4.79 Å². The van der Waals surface area contributed by atoms with Crippen molar-refractivity contribution in [2.75, 3.05) is 19.6 Å². The number of hydrogen-bond donors (Lipinski definition) is 2. The zero-order valence-electron chi connectivity index (χ0n) is 6.68. The van der Waals surface area contributed by atoms with Gasteiger partial charge in [-0.3, -0.25) is 10.2 Å². The summed E-state index contributed by atoms with van der Waals surface area (Å²) >= 11 is 0. The molecule has 0 aromatic rings. The Balaban J connectivity index is 2.06. The molecule has 1 fully saturated rings. The number of rotatable bonds is 3. The molecule has 1 amide bonds. The molecule has 0 saturated carbocycles. The van der Waals surface area contributed by atoms with E-state index in [-0.39, 0.29) is 5.91 Å². The molecule has 1 heterocycles. The lowest BCUT2D eigenvalue weighted by atomic mass is 10.4. The molecular formula is C7H15N3O. The van der Waals surface area contributed by atoms with Crippen LogP contribution in [0.1, 0.15) is 19.3 Å². The van der Waals surface area contributed by atoms with Crippen LogP contribution in [0.4, 0.5) is 0 Å². The highest BCUT2D eigenvalue weighted by atomic mass is 16.2. The van der Waals surface area contributed by atoms with E-state index in [0.717, 1.165) is 19.6 Å². The summed E-state index contributed by atoms with van der Waals surface area (Å²) in [4.78, 5) is 13.0. The molecule has 11 heavy (non-hydrogen) atoms. The van der Waals surface area contributed by atoms with Crippen LogP contribution >= 0.6 is 0 Å². The van der Waals surface area contributed by atoms with Crippen molar-refractivity contribution < 1.29 is 4.79 Å². The Kier molecular flexibility index (Phi) is 3.32. The fraction of sp³-hybridized carbons (Fsp3) is 0.857. The van der Waals surface area contributed by atoms with Crippen LogP contribution in [0.5, 0.6) is 0 Å². The fourth-order valence-corrected chi connectivity index (χ4v) is 1.34. The lowest BCUT2D eigenvalue weighted by Gasteiger charge is -2.12. The van der Waals surface area contributed by atoms with Crippen molar-refractivity contribution in [1.29, 1.82) is 0 Å². The molecule has 4 nitrogen and oxygen atoms in total. The van der Waals surface area contributed by atoms with Crippen molar-refractivity contribution in [2.24, 2.45) is 5.84 Å². The van der Waals surface area contributed by atoms with E-state index in [1.165, 1.54) is 12.8 Å². The van der Waals surface area contributed by atoms with Gasteiger partial charge in [-0.2, -0.15) is 0 Å². The number of nitrogens with two attached hydrogens (primary N) is 1. The van der Waals surface area contributed by atoms with Crippen molar-refractivity contribution >= 4 is 5.91 Å². The van der Waals surface area contributed by atoms with Gasteiger partial charge in [-0.15, -0.1) is 0 Å². The molecule has 0 bridgehead atoms. The van der Waals surface area contributed by atoms with Gasteiger partial charge in [0.25, 0.3) is 0 Å². The Morgan fingerprint density at radius 2 is 2.09 bits per heavy atom. The fourth-order valence-electron chi connectivity index (χ4n) is 1.34. The molecule has 0 radical (unpaired) electrons. The maximum atomic E-state index is 10.7. The van der Waals surface area contributed by atoms with Gasteiger partial charge in [-0.25, -0.2) is 5.84 Å². The molecule has 1 rings (SSSR count). The maximum Gasteiger partial charge on any atom is 0.235 e. The monoisotopic (exact) mass is 157 g/mol.